The summed E-state index contributed by atoms with van der Waals surface area (Å²) in [6.07, 6.45) is 1.43. The molecule has 12 amide bonds. The molecule has 8 aliphatic rings. The average molecular weight is 1570 g/mol. The quantitative estimate of drug-likeness (QED) is 0.110. The number of hydrogen-bond acceptors (Lipinski definition) is 12. The number of nitrogens with one attached hydrogen (secondary N) is 3. The Kier molecular flexibility index (Phi) is 31.0. The van der Waals surface area contributed by atoms with Gasteiger partial charge in [0.15, 0.2) is 0 Å². The molecule has 24 nitrogen and oxygen atoms in total. The minimum absolute atomic E-state index is 0.0123. The lowest BCUT2D eigenvalue weighted by Crippen LogP contribution is -2.68. The molecule has 2 bridgehead atoms. The van der Waals surface area contributed by atoms with E-state index in [-0.39, 0.29) is 108 Å². The van der Waals surface area contributed by atoms with Gasteiger partial charge >= 0.3 is 6.18 Å². The predicted octanol–water partition coefficient (Wildman–Crippen LogP) is 8.24. The Morgan fingerprint density at radius 2 is 1.25 bits per heavy atom. The number of nitrogens with zero attached hydrogens (tertiary/aromatic N) is 9. The van der Waals surface area contributed by atoms with E-state index in [0.29, 0.717) is 81.9 Å². The molecule has 3 aliphatic heterocycles. The van der Waals surface area contributed by atoms with Gasteiger partial charge in [-0.25, -0.2) is 13.2 Å². The summed E-state index contributed by atoms with van der Waals surface area (Å²) in [7, 11) is 9.93. The molecule has 8 rings (SSSR count). The summed E-state index contributed by atoms with van der Waals surface area (Å²) in [5, 5.41) is 6.99. The molecule has 3 unspecified atom stereocenters. The van der Waals surface area contributed by atoms with Gasteiger partial charge in [-0.1, -0.05) is 85.5 Å². The molecule has 31 heteroatoms. The molecule has 0 radical (unpaired) electrons. The fourth-order valence-corrected chi connectivity index (χ4v) is 18.8. The van der Waals surface area contributed by atoms with Gasteiger partial charge in [0.2, 0.25) is 70.9 Å². The van der Waals surface area contributed by atoms with Crippen LogP contribution in [-0.2, 0) is 57.5 Å². The number of likely N-dealkylation sites (N-methyl/N-ethyl adjacent to an activating group) is 6. The van der Waals surface area contributed by atoms with E-state index in [2.05, 4.69) is 16.0 Å². The number of halogens is 7. The highest BCUT2D eigenvalue weighted by Gasteiger charge is 2.57. The van der Waals surface area contributed by atoms with E-state index in [1.54, 1.807) is 6.92 Å². The first-order valence-electron chi connectivity index (χ1n) is 40.3. The van der Waals surface area contributed by atoms with Crippen molar-refractivity contribution in [3.8, 4) is 0 Å². The minimum Gasteiger partial charge on any atom is -0.347 e. The summed E-state index contributed by atoms with van der Waals surface area (Å²) >= 11 is 6.39. The third-order valence-corrected chi connectivity index (χ3v) is 25.9. The van der Waals surface area contributed by atoms with E-state index in [4.69, 9.17) is 11.6 Å². The second-order valence-electron chi connectivity index (χ2n) is 34.0. The molecule has 3 saturated heterocycles. The van der Waals surface area contributed by atoms with Gasteiger partial charge in [-0.15, -0.1) is 11.6 Å². The van der Waals surface area contributed by atoms with Gasteiger partial charge in [0.25, 0.3) is 5.92 Å². The maximum Gasteiger partial charge on any atom is 0.393 e. The zero-order valence-electron chi connectivity index (χ0n) is 66.1. The van der Waals surface area contributed by atoms with Crippen molar-refractivity contribution in [1.82, 2.24) is 60.0 Å². The molecule has 5 aliphatic carbocycles. The van der Waals surface area contributed by atoms with Crippen LogP contribution >= 0.6 is 11.6 Å². The van der Waals surface area contributed by atoms with Crippen LogP contribution in [0.1, 0.15) is 220 Å². The van der Waals surface area contributed by atoms with E-state index < -0.39 is 205 Å². The highest BCUT2D eigenvalue weighted by atomic mass is 35.5. The first-order chi connectivity index (χ1) is 51.3. The van der Waals surface area contributed by atoms with Crippen molar-refractivity contribution in [2.45, 2.75) is 298 Å². The number of hydrogen-bond donors (Lipinski definition) is 3. The summed E-state index contributed by atoms with van der Waals surface area (Å²) in [4.78, 5) is 194. The molecule has 0 aromatic carbocycles. The van der Waals surface area contributed by atoms with Gasteiger partial charge in [0.1, 0.15) is 60.0 Å². The highest BCUT2D eigenvalue weighted by molar-refractivity contribution is 6.21. The van der Waals surface area contributed by atoms with Crippen molar-refractivity contribution in [2.75, 3.05) is 82.1 Å². The zero-order chi connectivity index (χ0) is 80.3. The molecule has 1 spiro atoms. The van der Waals surface area contributed by atoms with Crippen LogP contribution in [0.5, 0.6) is 0 Å². The van der Waals surface area contributed by atoms with Crippen molar-refractivity contribution in [3.05, 3.63) is 0 Å². The van der Waals surface area contributed by atoms with Crippen LogP contribution in [0.3, 0.4) is 0 Å². The Morgan fingerprint density at radius 1 is 0.624 bits per heavy atom. The topological polar surface area (TPSA) is 270 Å². The Balaban J connectivity index is 1.21. The van der Waals surface area contributed by atoms with Crippen LogP contribution < -0.4 is 16.0 Å². The van der Waals surface area contributed by atoms with Crippen molar-refractivity contribution in [3.63, 3.8) is 0 Å². The Hall–Kier alpha value is -6.49. The molecular weight excluding hydrogens is 1450 g/mol. The van der Waals surface area contributed by atoms with Crippen LogP contribution in [0.4, 0.5) is 26.3 Å². The fraction of sp³-hybridized carbons (Fsp3) is 0.846. The monoisotopic (exact) mass is 1570 g/mol. The first-order valence-corrected chi connectivity index (χ1v) is 40.8. The van der Waals surface area contributed by atoms with Crippen molar-refractivity contribution in [1.29, 1.82) is 0 Å². The van der Waals surface area contributed by atoms with Crippen LogP contribution in [-0.4, -0.2) is 275 Å². The molecule has 12 atom stereocenters. The summed E-state index contributed by atoms with van der Waals surface area (Å²) in [6.45, 7) is 4.60. The van der Waals surface area contributed by atoms with E-state index in [1.165, 1.54) is 78.7 Å². The number of carbonyl (C=O) groups excluding carboxylic acids is 12. The molecule has 0 aromatic heterocycles. The summed E-state index contributed by atoms with van der Waals surface area (Å²) in [5.74, 6) is -16.8. The Bertz CT molecular complexity index is 3220. The lowest BCUT2D eigenvalue weighted by Gasteiger charge is -2.47. The fourth-order valence-electron chi connectivity index (χ4n) is 18.3. The second-order valence-corrected chi connectivity index (χ2v) is 34.6. The van der Waals surface area contributed by atoms with Crippen molar-refractivity contribution < 1.29 is 83.9 Å². The SMILES string of the molecule is CC[C@H](C)[C@@H]1NC(=O)[C@H](CC(C)C)N(C)C(=O)C[C@@H](C(=O)N(C)C)N(CCC2CCCC2)C(=O)[C@H](C2CCCC2)N(C)C(=O)C2(CCC2)NC(=O)[C@@H]2CC(F)(F)CN2C(=O)[C@H](CCC2CCC(C(F)(F)F)C(Cl)C2)NC(=O)CN(C)C(=O)[C@H](CC2CCC(F)CC2)N2CCCCC[C@@H](C2=O)N(C)C(=O)CN(C)C1=O. The normalized spacial score (nSPS) is 31.5. The van der Waals surface area contributed by atoms with Gasteiger partial charge in [0, 0.05) is 74.2 Å². The van der Waals surface area contributed by atoms with Gasteiger partial charge in [-0.3, -0.25) is 57.5 Å². The highest BCUT2D eigenvalue weighted by Crippen LogP contribution is 2.45. The Labute approximate surface area is 645 Å². The summed E-state index contributed by atoms with van der Waals surface area (Å²) < 4.78 is 89.7. The molecule has 0 aromatic rings. The van der Waals surface area contributed by atoms with E-state index >= 15 is 51.9 Å². The molecule has 5 saturated carbocycles. The standard InChI is InChI=1S/C78H123ClF6N12O12/c1-12-48(4)65-73(107)91(8)45-64(100)92(9)57-25-14-13-19-37-95(72(57)106)59(41-51-26-30-53(80)31-27-51)71(105)90(7)44-62(98)86-56(33-29-50-28-32-54(55(79)40-50)78(83,84)85)69(103)97-46-77(81,82)43-61(97)68(102)88-76(35-20-36-76)75(109)94(11)66(52-23-17-18-24-52)74(108)96(38-34-49-21-15-16-22-49)60(70(104)89(5)6)42-63(99)93(10)58(39-47(2)3)67(101)87-65/h47-61,65-66H,12-46H2,1-11H3,(H,86,98)(H,87,101)(H,88,102)/t48-,50?,51?,53?,54?,55?,56-,57-,58-,59-,60-,61-,65-,66-/m0/s1. The van der Waals surface area contributed by atoms with Gasteiger partial charge in [-0.05, 0) is 158 Å². The lowest BCUT2D eigenvalue weighted by atomic mass is 9.74. The van der Waals surface area contributed by atoms with Gasteiger partial charge in [-0.2, -0.15) is 13.2 Å². The van der Waals surface area contributed by atoms with E-state index in [0.717, 1.165) is 35.5 Å². The molecule has 616 valence electrons. The maximum atomic E-state index is 16.3. The maximum absolute atomic E-state index is 16.3. The number of carbonyl (C=O) groups is 12. The minimum atomic E-state index is -4.60. The van der Waals surface area contributed by atoms with Crippen LogP contribution in [0, 0.1) is 41.4 Å². The van der Waals surface area contributed by atoms with Gasteiger partial charge in [0.05, 0.1) is 32.0 Å². The number of rotatable bonds is 14. The van der Waals surface area contributed by atoms with E-state index in [9.17, 15) is 31.9 Å². The summed E-state index contributed by atoms with van der Waals surface area (Å²) in [5.41, 5.74) is -1.81. The first kappa shape index (κ1) is 88.1. The largest absolute Gasteiger partial charge is 0.393 e. The number of fused-ring (bicyclic) bond motifs is 3. The molecular formula is C78H123ClF6N12O12. The van der Waals surface area contributed by atoms with Crippen LogP contribution in [0.15, 0.2) is 0 Å². The molecule has 109 heavy (non-hydrogen) atoms. The molecule has 3 N–H and O–H groups in total. The third kappa shape index (κ3) is 22.0. The number of alkyl halides is 7. The van der Waals surface area contributed by atoms with Crippen LogP contribution in [0.25, 0.3) is 0 Å². The molecule has 3 heterocycles. The van der Waals surface area contributed by atoms with Crippen molar-refractivity contribution >= 4 is 82.5 Å². The third-order valence-electron chi connectivity index (χ3n) is 25.4. The van der Waals surface area contributed by atoms with Gasteiger partial charge < -0.3 is 60.0 Å². The smallest absolute Gasteiger partial charge is 0.347 e. The number of amides is 12. The predicted molar refractivity (Wildman–Crippen MR) is 396 cm³/mol. The summed E-state index contributed by atoms with van der Waals surface area (Å²) in [6, 6.07) is -11.5. The molecule has 8 fully saturated rings. The van der Waals surface area contributed by atoms with E-state index in [1.807, 2.05) is 20.8 Å². The van der Waals surface area contributed by atoms with Crippen LogP contribution in [0.2, 0.25) is 0 Å². The zero-order valence-corrected chi connectivity index (χ0v) is 66.9. The van der Waals surface area contributed by atoms with Crippen molar-refractivity contribution in [2.24, 2.45) is 41.4 Å². The lowest BCUT2D eigenvalue weighted by molar-refractivity contribution is -0.182. The average Bonchev–Trinajstić information content (AvgIpc) is 1.75. The second kappa shape index (κ2) is 38.4. The Morgan fingerprint density at radius 3 is 1.84 bits per heavy atom.